The van der Waals surface area contributed by atoms with E-state index >= 15 is 0 Å². The molecule has 2 bridgehead atoms. The SMILES string of the molecule is CC(NC(=O)C1CC2CCC1N2)C1CCCCC1. The highest BCUT2D eigenvalue weighted by molar-refractivity contribution is 5.80. The van der Waals surface area contributed by atoms with Gasteiger partial charge in [-0.1, -0.05) is 19.3 Å². The van der Waals surface area contributed by atoms with Crippen LogP contribution in [-0.4, -0.2) is 24.0 Å². The first-order valence-electron chi connectivity index (χ1n) is 7.80. The lowest BCUT2D eigenvalue weighted by Crippen LogP contribution is -2.44. The number of carbonyl (C=O) groups is 1. The summed E-state index contributed by atoms with van der Waals surface area (Å²) in [6, 6.07) is 1.46. The highest BCUT2D eigenvalue weighted by Crippen LogP contribution is 2.34. The molecule has 0 spiro atoms. The number of nitrogens with one attached hydrogen (secondary N) is 2. The highest BCUT2D eigenvalue weighted by Gasteiger charge is 2.43. The molecule has 102 valence electrons. The molecule has 18 heavy (non-hydrogen) atoms. The zero-order valence-electron chi connectivity index (χ0n) is 11.5. The summed E-state index contributed by atoms with van der Waals surface area (Å²) in [4.78, 5) is 12.3. The van der Waals surface area contributed by atoms with Gasteiger partial charge in [-0.2, -0.15) is 0 Å². The molecule has 2 N–H and O–H groups in total. The number of rotatable bonds is 3. The molecule has 4 atom stereocenters. The normalized spacial score (nSPS) is 37.7. The van der Waals surface area contributed by atoms with Gasteiger partial charge in [-0.3, -0.25) is 4.79 Å². The minimum Gasteiger partial charge on any atom is -0.353 e. The van der Waals surface area contributed by atoms with Crippen molar-refractivity contribution in [3.63, 3.8) is 0 Å². The Morgan fingerprint density at radius 2 is 1.94 bits per heavy atom. The van der Waals surface area contributed by atoms with Crippen LogP contribution >= 0.6 is 0 Å². The van der Waals surface area contributed by atoms with Gasteiger partial charge in [0, 0.05) is 18.1 Å². The van der Waals surface area contributed by atoms with E-state index in [1.165, 1.54) is 44.9 Å². The summed E-state index contributed by atoms with van der Waals surface area (Å²) < 4.78 is 0. The van der Waals surface area contributed by atoms with Crippen LogP contribution in [0.4, 0.5) is 0 Å². The summed E-state index contributed by atoms with van der Waals surface area (Å²) >= 11 is 0. The monoisotopic (exact) mass is 250 g/mol. The van der Waals surface area contributed by atoms with Gasteiger partial charge in [0.25, 0.3) is 0 Å². The topological polar surface area (TPSA) is 41.1 Å². The van der Waals surface area contributed by atoms with Crippen LogP contribution in [0, 0.1) is 11.8 Å². The van der Waals surface area contributed by atoms with Gasteiger partial charge < -0.3 is 10.6 Å². The predicted molar refractivity (Wildman–Crippen MR) is 72.2 cm³/mol. The van der Waals surface area contributed by atoms with Crippen LogP contribution in [0.25, 0.3) is 0 Å². The third kappa shape index (κ3) is 2.42. The van der Waals surface area contributed by atoms with E-state index in [0.717, 1.165) is 6.42 Å². The van der Waals surface area contributed by atoms with Gasteiger partial charge in [0.15, 0.2) is 0 Å². The molecule has 0 radical (unpaired) electrons. The molecule has 2 aliphatic heterocycles. The molecule has 0 aromatic rings. The summed E-state index contributed by atoms with van der Waals surface area (Å²) in [5.41, 5.74) is 0. The van der Waals surface area contributed by atoms with Crippen LogP contribution < -0.4 is 10.6 Å². The Balaban J connectivity index is 1.51. The Morgan fingerprint density at radius 3 is 2.56 bits per heavy atom. The van der Waals surface area contributed by atoms with Crippen molar-refractivity contribution >= 4 is 5.91 Å². The van der Waals surface area contributed by atoms with Crippen molar-refractivity contribution in [2.45, 2.75) is 76.4 Å². The quantitative estimate of drug-likeness (QED) is 0.806. The van der Waals surface area contributed by atoms with E-state index in [1.807, 2.05) is 0 Å². The smallest absolute Gasteiger partial charge is 0.224 e. The third-order valence-electron chi connectivity index (χ3n) is 5.36. The number of hydrogen-bond donors (Lipinski definition) is 2. The Hall–Kier alpha value is -0.570. The summed E-state index contributed by atoms with van der Waals surface area (Å²) in [6.45, 7) is 2.20. The maximum atomic E-state index is 12.3. The molecule has 4 unspecified atom stereocenters. The first-order chi connectivity index (χ1) is 8.74. The average Bonchev–Trinajstić information content (AvgIpc) is 3.02. The molecule has 0 aromatic carbocycles. The van der Waals surface area contributed by atoms with Crippen molar-refractivity contribution < 1.29 is 4.79 Å². The van der Waals surface area contributed by atoms with Crippen LogP contribution in [0.2, 0.25) is 0 Å². The van der Waals surface area contributed by atoms with Crippen molar-refractivity contribution in [2.75, 3.05) is 0 Å². The molecule has 1 aliphatic carbocycles. The lowest BCUT2D eigenvalue weighted by molar-refractivity contribution is -0.126. The Morgan fingerprint density at radius 1 is 1.17 bits per heavy atom. The highest BCUT2D eigenvalue weighted by atomic mass is 16.2. The molecule has 3 fully saturated rings. The van der Waals surface area contributed by atoms with Crippen LogP contribution in [0.3, 0.4) is 0 Å². The zero-order valence-corrected chi connectivity index (χ0v) is 11.5. The minimum atomic E-state index is 0.245. The van der Waals surface area contributed by atoms with E-state index in [-0.39, 0.29) is 5.92 Å². The molecule has 3 rings (SSSR count). The molecule has 2 heterocycles. The Kier molecular flexibility index (Phi) is 3.60. The van der Waals surface area contributed by atoms with Crippen molar-refractivity contribution in [3.05, 3.63) is 0 Å². The van der Waals surface area contributed by atoms with Gasteiger partial charge in [0.2, 0.25) is 5.91 Å². The van der Waals surface area contributed by atoms with Crippen molar-refractivity contribution in [2.24, 2.45) is 11.8 Å². The fourth-order valence-electron chi connectivity index (χ4n) is 4.20. The molecule has 0 aromatic heterocycles. The first kappa shape index (κ1) is 12.5. The predicted octanol–water partition coefficient (Wildman–Crippen LogP) is 2.21. The van der Waals surface area contributed by atoms with Gasteiger partial charge in [0.05, 0.1) is 5.92 Å². The second kappa shape index (κ2) is 5.20. The van der Waals surface area contributed by atoms with Crippen molar-refractivity contribution in [1.82, 2.24) is 10.6 Å². The first-order valence-corrected chi connectivity index (χ1v) is 7.80. The van der Waals surface area contributed by atoms with E-state index < -0.39 is 0 Å². The fraction of sp³-hybridized carbons (Fsp3) is 0.933. The second-order valence-corrected chi connectivity index (χ2v) is 6.58. The second-order valence-electron chi connectivity index (χ2n) is 6.58. The van der Waals surface area contributed by atoms with Crippen LogP contribution in [0.15, 0.2) is 0 Å². The number of fused-ring (bicyclic) bond motifs is 2. The molecule has 2 saturated heterocycles. The lowest BCUT2D eigenvalue weighted by Gasteiger charge is -2.30. The number of amides is 1. The molecule has 1 amide bonds. The van der Waals surface area contributed by atoms with Gasteiger partial charge in [-0.15, -0.1) is 0 Å². The summed E-state index contributed by atoms with van der Waals surface area (Å²) in [6.07, 6.45) is 10.2. The Bertz CT molecular complexity index is 312. The molecule has 3 heteroatoms. The molecular formula is C15H26N2O. The lowest BCUT2D eigenvalue weighted by atomic mass is 9.83. The van der Waals surface area contributed by atoms with Crippen LogP contribution in [0.5, 0.6) is 0 Å². The van der Waals surface area contributed by atoms with Gasteiger partial charge in [0.1, 0.15) is 0 Å². The van der Waals surface area contributed by atoms with Crippen LogP contribution in [-0.2, 0) is 4.79 Å². The fourth-order valence-corrected chi connectivity index (χ4v) is 4.20. The molecule has 3 nitrogen and oxygen atoms in total. The molecule has 3 aliphatic rings. The minimum absolute atomic E-state index is 0.245. The van der Waals surface area contributed by atoms with E-state index in [4.69, 9.17) is 0 Å². The standard InChI is InChI=1S/C15H26N2O/c1-10(11-5-3-2-4-6-11)16-15(18)13-9-12-7-8-14(13)17-12/h10-14,17H,2-9H2,1H3,(H,16,18). The van der Waals surface area contributed by atoms with Crippen molar-refractivity contribution in [3.8, 4) is 0 Å². The van der Waals surface area contributed by atoms with Gasteiger partial charge >= 0.3 is 0 Å². The van der Waals surface area contributed by atoms with E-state index in [1.54, 1.807) is 0 Å². The third-order valence-corrected chi connectivity index (χ3v) is 5.36. The number of carbonyl (C=O) groups excluding carboxylic acids is 1. The van der Waals surface area contributed by atoms with Crippen LogP contribution in [0.1, 0.15) is 58.3 Å². The largest absolute Gasteiger partial charge is 0.353 e. The Labute approximate surface area is 110 Å². The number of hydrogen-bond acceptors (Lipinski definition) is 2. The summed E-state index contributed by atoms with van der Waals surface area (Å²) in [7, 11) is 0. The summed E-state index contributed by atoms with van der Waals surface area (Å²) in [5.74, 6) is 1.27. The van der Waals surface area contributed by atoms with E-state index in [0.29, 0.717) is 30.0 Å². The molecule has 1 saturated carbocycles. The van der Waals surface area contributed by atoms with E-state index in [9.17, 15) is 4.79 Å². The van der Waals surface area contributed by atoms with E-state index in [2.05, 4.69) is 17.6 Å². The summed E-state index contributed by atoms with van der Waals surface area (Å²) in [5, 5.41) is 6.85. The maximum Gasteiger partial charge on any atom is 0.224 e. The maximum absolute atomic E-state index is 12.3. The van der Waals surface area contributed by atoms with Gasteiger partial charge in [-0.25, -0.2) is 0 Å². The zero-order chi connectivity index (χ0) is 12.5. The van der Waals surface area contributed by atoms with Crippen molar-refractivity contribution in [1.29, 1.82) is 0 Å². The molecular weight excluding hydrogens is 224 g/mol. The average molecular weight is 250 g/mol. The van der Waals surface area contributed by atoms with Gasteiger partial charge in [-0.05, 0) is 44.9 Å².